The average molecular weight is 213 g/mol. The fourth-order valence-electron chi connectivity index (χ4n) is 2.25. The normalized spacial score (nSPS) is 17.0. The van der Waals surface area contributed by atoms with Crippen molar-refractivity contribution in [2.45, 2.75) is 6.10 Å². The van der Waals surface area contributed by atoms with E-state index in [1.165, 1.54) is 4.57 Å². The standard InChI is InChI=1S/C13H11NO2/c1-14-7-11-10(6-12(14)15)8-4-2-3-5-9(8)13(11)16/h2-7,13,16H,1H3. The highest BCUT2D eigenvalue weighted by Gasteiger charge is 2.27. The van der Waals surface area contributed by atoms with Crippen LogP contribution in [0.1, 0.15) is 17.2 Å². The summed E-state index contributed by atoms with van der Waals surface area (Å²) in [6.45, 7) is 0. The van der Waals surface area contributed by atoms with Gasteiger partial charge in [0, 0.05) is 24.9 Å². The summed E-state index contributed by atoms with van der Waals surface area (Å²) in [5.41, 5.74) is 3.45. The highest BCUT2D eigenvalue weighted by Crippen LogP contribution is 2.41. The SMILES string of the molecule is Cn1cc2c(cc1=O)-c1ccccc1C2O. The summed E-state index contributed by atoms with van der Waals surface area (Å²) in [6.07, 6.45) is 1.10. The molecule has 1 aliphatic carbocycles. The first-order chi connectivity index (χ1) is 7.68. The van der Waals surface area contributed by atoms with Gasteiger partial charge in [0.15, 0.2) is 0 Å². The van der Waals surface area contributed by atoms with Crippen LogP contribution in [0.4, 0.5) is 0 Å². The maximum absolute atomic E-state index is 11.6. The molecule has 16 heavy (non-hydrogen) atoms. The van der Waals surface area contributed by atoms with Crippen molar-refractivity contribution < 1.29 is 5.11 Å². The Hall–Kier alpha value is -1.87. The highest BCUT2D eigenvalue weighted by molar-refractivity contribution is 5.77. The van der Waals surface area contributed by atoms with Gasteiger partial charge in [-0.1, -0.05) is 24.3 Å². The molecule has 3 rings (SSSR count). The first-order valence-electron chi connectivity index (χ1n) is 5.16. The van der Waals surface area contributed by atoms with Crippen LogP contribution >= 0.6 is 0 Å². The van der Waals surface area contributed by atoms with E-state index in [0.717, 1.165) is 22.3 Å². The van der Waals surface area contributed by atoms with Crippen LogP contribution in [0.15, 0.2) is 41.3 Å². The van der Waals surface area contributed by atoms with Gasteiger partial charge in [0.25, 0.3) is 5.56 Å². The van der Waals surface area contributed by atoms with Crippen LogP contribution in [0.3, 0.4) is 0 Å². The maximum atomic E-state index is 11.6. The quantitative estimate of drug-likeness (QED) is 0.719. The van der Waals surface area contributed by atoms with Crippen LogP contribution in [0.5, 0.6) is 0 Å². The van der Waals surface area contributed by atoms with E-state index in [2.05, 4.69) is 0 Å². The van der Waals surface area contributed by atoms with E-state index in [4.69, 9.17) is 0 Å². The zero-order chi connectivity index (χ0) is 11.3. The number of rotatable bonds is 0. The maximum Gasteiger partial charge on any atom is 0.250 e. The lowest BCUT2D eigenvalue weighted by Crippen LogP contribution is -2.15. The summed E-state index contributed by atoms with van der Waals surface area (Å²) < 4.78 is 1.49. The lowest BCUT2D eigenvalue weighted by atomic mass is 10.1. The van der Waals surface area contributed by atoms with Crippen molar-refractivity contribution in [1.29, 1.82) is 0 Å². The van der Waals surface area contributed by atoms with E-state index in [1.54, 1.807) is 19.3 Å². The summed E-state index contributed by atoms with van der Waals surface area (Å²) >= 11 is 0. The van der Waals surface area contributed by atoms with Crippen LogP contribution < -0.4 is 5.56 Å². The number of aliphatic hydroxyl groups excluding tert-OH is 1. The molecule has 1 aromatic carbocycles. The number of pyridine rings is 1. The van der Waals surface area contributed by atoms with E-state index >= 15 is 0 Å². The van der Waals surface area contributed by atoms with Gasteiger partial charge in [-0.2, -0.15) is 0 Å². The smallest absolute Gasteiger partial charge is 0.250 e. The summed E-state index contributed by atoms with van der Waals surface area (Å²) in [6, 6.07) is 9.23. The van der Waals surface area contributed by atoms with Gasteiger partial charge in [-0.05, 0) is 16.7 Å². The minimum absolute atomic E-state index is 0.0531. The molecule has 0 aliphatic heterocycles. The fourth-order valence-corrected chi connectivity index (χ4v) is 2.25. The van der Waals surface area contributed by atoms with E-state index < -0.39 is 6.10 Å². The molecule has 1 aromatic heterocycles. The topological polar surface area (TPSA) is 42.2 Å². The molecule has 80 valence electrons. The molecule has 0 bridgehead atoms. The predicted octanol–water partition coefficient (Wildman–Crippen LogP) is 1.45. The van der Waals surface area contributed by atoms with Crippen molar-refractivity contribution in [3.8, 4) is 11.1 Å². The molecule has 0 amide bonds. The van der Waals surface area contributed by atoms with E-state index in [-0.39, 0.29) is 5.56 Å². The van der Waals surface area contributed by atoms with Crippen molar-refractivity contribution in [1.82, 2.24) is 4.57 Å². The molecule has 1 aliphatic rings. The van der Waals surface area contributed by atoms with Gasteiger partial charge in [-0.25, -0.2) is 0 Å². The Labute approximate surface area is 92.6 Å². The molecular formula is C13H11NO2. The average Bonchev–Trinajstić information content (AvgIpc) is 2.55. The lowest BCUT2D eigenvalue weighted by Gasteiger charge is -2.06. The third-order valence-corrected chi connectivity index (χ3v) is 3.10. The van der Waals surface area contributed by atoms with Crippen molar-refractivity contribution in [3.05, 3.63) is 58.0 Å². The molecule has 0 spiro atoms. The third-order valence-electron chi connectivity index (χ3n) is 3.10. The molecule has 0 saturated heterocycles. The van der Waals surface area contributed by atoms with Crippen LogP contribution in [0.25, 0.3) is 11.1 Å². The van der Waals surface area contributed by atoms with Gasteiger partial charge >= 0.3 is 0 Å². The monoisotopic (exact) mass is 213 g/mol. The number of fused-ring (bicyclic) bond motifs is 3. The number of aromatic nitrogens is 1. The minimum atomic E-state index is -0.613. The van der Waals surface area contributed by atoms with Crippen molar-refractivity contribution in [3.63, 3.8) is 0 Å². The molecule has 2 aromatic rings. The summed E-state index contributed by atoms with van der Waals surface area (Å²) in [7, 11) is 1.69. The molecule has 1 N–H and O–H groups in total. The Morgan fingerprint density at radius 1 is 1.19 bits per heavy atom. The minimum Gasteiger partial charge on any atom is -0.384 e. The van der Waals surface area contributed by atoms with Gasteiger partial charge in [-0.15, -0.1) is 0 Å². The van der Waals surface area contributed by atoms with E-state index in [0.29, 0.717) is 0 Å². The second-order valence-electron chi connectivity index (χ2n) is 4.08. The molecule has 1 unspecified atom stereocenters. The zero-order valence-electron chi connectivity index (χ0n) is 8.84. The Morgan fingerprint density at radius 2 is 1.94 bits per heavy atom. The molecule has 3 nitrogen and oxygen atoms in total. The lowest BCUT2D eigenvalue weighted by molar-refractivity contribution is 0.224. The molecule has 1 heterocycles. The Morgan fingerprint density at radius 3 is 2.75 bits per heavy atom. The van der Waals surface area contributed by atoms with Crippen molar-refractivity contribution in [2.75, 3.05) is 0 Å². The zero-order valence-corrected chi connectivity index (χ0v) is 8.84. The van der Waals surface area contributed by atoms with Gasteiger partial charge in [0.1, 0.15) is 6.10 Å². The van der Waals surface area contributed by atoms with E-state index in [1.807, 2.05) is 24.3 Å². The third kappa shape index (κ3) is 1.09. The number of nitrogens with zero attached hydrogens (tertiary/aromatic N) is 1. The molecule has 3 heteroatoms. The highest BCUT2D eigenvalue weighted by atomic mass is 16.3. The van der Waals surface area contributed by atoms with Crippen molar-refractivity contribution in [2.24, 2.45) is 7.05 Å². The summed E-state index contributed by atoms with van der Waals surface area (Å²) in [5.74, 6) is 0. The van der Waals surface area contributed by atoms with Crippen LogP contribution in [0, 0.1) is 0 Å². The number of hydrogen-bond donors (Lipinski definition) is 1. The predicted molar refractivity (Wildman–Crippen MR) is 61.2 cm³/mol. The first kappa shape index (κ1) is 9.36. The van der Waals surface area contributed by atoms with Crippen LogP contribution in [-0.4, -0.2) is 9.67 Å². The van der Waals surface area contributed by atoms with Crippen molar-refractivity contribution >= 4 is 0 Å². The molecular weight excluding hydrogens is 202 g/mol. The fraction of sp³-hybridized carbons (Fsp3) is 0.154. The largest absolute Gasteiger partial charge is 0.384 e. The number of aliphatic hydroxyl groups is 1. The van der Waals surface area contributed by atoms with Gasteiger partial charge in [0.2, 0.25) is 0 Å². The first-order valence-corrected chi connectivity index (χ1v) is 5.16. The molecule has 1 atom stereocenters. The Balaban J connectivity index is 2.38. The van der Waals surface area contributed by atoms with Gasteiger partial charge < -0.3 is 9.67 Å². The summed E-state index contributed by atoms with van der Waals surface area (Å²) in [4.78, 5) is 11.6. The molecule has 0 radical (unpaired) electrons. The van der Waals surface area contributed by atoms with Crippen LogP contribution in [0.2, 0.25) is 0 Å². The number of aryl methyl sites for hydroxylation is 1. The second-order valence-corrected chi connectivity index (χ2v) is 4.08. The number of benzene rings is 1. The molecule has 0 saturated carbocycles. The van der Waals surface area contributed by atoms with Crippen LogP contribution in [-0.2, 0) is 7.05 Å². The van der Waals surface area contributed by atoms with E-state index in [9.17, 15) is 9.90 Å². The Bertz CT molecular complexity index is 628. The van der Waals surface area contributed by atoms with Gasteiger partial charge in [0.05, 0.1) is 0 Å². The second kappa shape index (κ2) is 3.06. The Kier molecular flexibility index (Phi) is 1.79. The summed E-state index contributed by atoms with van der Waals surface area (Å²) in [5, 5.41) is 10.1. The number of hydrogen-bond acceptors (Lipinski definition) is 2. The molecule has 0 fully saturated rings. The van der Waals surface area contributed by atoms with Gasteiger partial charge in [-0.3, -0.25) is 4.79 Å².